The topological polar surface area (TPSA) is 47.0 Å². The number of benzene rings is 2. The Bertz CT molecular complexity index is 893. The standard InChI is InChI=1S/C16H12BrNO2S/c17-14-7-8-15-13(10-14)6-9-16(18-15)21(19,20)11-12-4-2-1-3-5-12/h1-10H,11H2. The van der Waals surface area contributed by atoms with Crippen molar-refractivity contribution in [1.82, 2.24) is 4.98 Å². The first-order chi connectivity index (χ1) is 10.0. The summed E-state index contributed by atoms with van der Waals surface area (Å²) in [6.07, 6.45) is 0. The molecule has 0 atom stereocenters. The van der Waals surface area contributed by atoms with Crippen LogP contribution < -0.4 is 0 Å². The summed E-state index contributed by atoms with van der Waals surface area (Å²) in [5.41, 5.74) is 1.43. The molecule has 3 rings (SSSR count). The number of pyridine rings is 1. The molecule has 0 amide bonds. The second kappa shape index (κ2) is 5.58. The van der Waals surface area contributed by atoms with Crippen LogP contribution in [0, 0.1) is 0 Å². The second-order valence-electron chi connectivity index (χ2n) is 4.73. The van der Waals surface area contributed by atoms with Gasteiger partial charge in [0, 0.05) is 9.86 Å². The van der Waals surface area contributed by atoms with E-state index in [1.165, 1.54) is 0 Å². The van der Waals surface area contributed by atoms with Crippen molar-refractivity contribution in [2.45, 2.75) is 10.8 Å². The van der Waals surface area contributed by atoms with Gasteiger partial charge in [0.2, 0.25) is 0 Å². The van der Waals surface area contributed by atoms with Gasteiger partial charge in [-0.05, 0) is 35.9 Å². The zero-order chi connectivity index (χ0) is 14.9. The summed E-state index contributed by atoms with van der Waals surface area (Å²) < 4.78 is 25.8. The number of halogens is 1. The molecular formula is C16H12BrNO2S. The van der Waals surface area contributed by atoms with Crippen molar-refractivity contribution < 1.29 is 8.42 Å². The molecule has 21 heavy (non-hydrogen) atoms. The molecule has 0 aliphatic carbocycles. The maximum atomic E-state index is 12.4. The number of sulfone groups is 1. The zero-order valence-electron chi connectivity index (χ0n) is 11.0. The van der Waals surface area contributed by atoms with Gasteiger partial charge in [-0.25, -0.2) is 13.4 Å². The van der Waals surface area contributed by atoms with E-state index in [2.05, 4.69) is 20.9 Å². The van der Waals surface area contributed by atoms with Gasteiger partial charge in [-0.15, -0.1) is 0 Å². The lowest BCUT2D eigenvalue weighted by atomic mass is 10.2. The summed E-state index contributed by atoms with van der Waals surface area (Å²) in [6, 6.07) is 18.0. The molecule has 0 spiro atoms. The van der Waals surface area contributed by atoms with Gasteiger partial charge in [0.1, 0.15) is 0 Å². The highest BCUT2D eigenvalue weighted by Gasteiger charge is 2.17. The van der Waals surface area contributed by atoms with Crippen LogP contribution in [0.3, 0.4) is 0 Å². The van der Waals surface area contributed by atoms with E-state index in [-0.39, 0.29) is 10.8 Å². The fraction of sp³-hybridized carbons (Fsp3) is 0.0625. The van der Waals surface area contributed by atoms with Crippen LogP contribution in [-0.2, 0) is 15.6 Å². The number of nitrogens with zero attached hydrogens (tertiary/aromatic N) is 1. The van der Waals surface area contributed by atoms with Gasteiger partial charge in [-0.3, -0.25) is 0 Å². The van der Waals surface area contributed by atoms with Crippen molar-refractivity contribution in [1.29, 1.82) is 0 Å². The van der Waals surface area contributed by atoms with E-state index in [4.69, 9.17) is 0 Å². The summed E-state index contributed by atoms with van der Waals surface area (Å²) in [5.74, 6) is -0.0388. The van der Waals surface area contributed by atoms with E-state index >= 15 is 0 Å². The van der Waals surface area contributed by atoms with Crippen molar-refractivity contribution in [2.75, 3.05) is 0 Å². The summed E-state index contributed by atoms with van der Waals surface area (Å²) in [4.78, 5) is 4.28. The van der Waals surface area contributed by atoms with Crippen molar-refractivity contribution >= 4 is 36.7 Å². The van der Waals surface area contributed by atoms with Gasteiger partial charge in [0.25, 0.3) is 0 Å². The minimum absolute atomic E-state index is 0.0388. The molecule has 1 aromatic heterocycles. The van der Waals surface area contributed by atoms with Gasteiger partial charge in [-0.2, -0.15) is 0 Å². The van der Waals surface area contributed by atoms with Crippen LogP contribution in [-0.4, -0.2) is 13.4 Å². The predicted molar refractivity (Wildman–Crippen MR) is 86.8 cm³/mol. The van der Waals surface area contributed by atoms with Gasteiger partial charge < -0.3 is 0 Å². The molecule has 0 aliphatic rings. The van der Waals surface area contributed by atoms with Gasteiger partial charge in [0.15, 0.2) is 14.9 Å². The average molecular weight is 362 g/mol. The third-order valence-corrected chi connectivity index (χ3v) is 5.22. The molecule has 0 unspecified atom stereocenters. The quantitative estimate of drug-likeness (QED) is 0.708. The first kappa shape index (κ1) is 14.2. The summed E-state index contributed by atoms with van der Waals surface area (Å²) >= 11 is 3.39. The van der Waals surface area contributed by atoms with E-state index in [1.807, 2.05) is 30.3 Å². The molecule has 2 aromatic carbocycles. The second-order valence-corrected chi connectivity index (χ2v) is 7.58. The first-order valence-corrected chi connectivity index (χ1v) is 8.82. The van der Waals surface area contributed by atoms with E-state index in [1.54, 1.807) is 30.3 Å². The maximum absolute atomic E-state index is 12.4. The van der Waals surface area contributed by atoms with Crippen LogP contribution >= 0.6 is 15.9 Å². The number of hydrogen-bond acceptors (Lipinski definition) is 3. The van der Waals surface area contributed by atoms with Gasteiger partial charge in [-0.1, -0.05) is 46.3 Å². The van der Waals surface area contributed by atoms with E-state index in [0.717, 1.165) is 15.4 Å². The largest absolute Gasteiger partial charge is 0.236 e. The molecule has 0 aliphatic heterocycles. The molecule has 0 radical (unpaired) electrons. The van der Waals surface area contributed by atoms with Crippen LogP contribution in [0.5, 0.6) is 0 Å². The monoisotopic (exact) mass is 361 g/mol. The Kier molecular flexibility index (Phi) is 3.78. The normalized spacial score (nSPS) is 11.7. The van der Waals surface area contributed by atoms with Crippen LogP contribution in [0.15, 0.2) is 70.2 Å². The summed E-state index contributed by atoms with van der Waals surface area (Å²) in [6.45, 7) is 0. The number of hydrogen-bond donors (Lipinski definition) is 0. The highest BCUT2D eigenvalue weighted by Crippen LogP contribution is 2.21. The fourth-order valence-corrected chi connectivity index (χ4v) is 3.79. The lowest BCUT2D eigenvalue weighted by Gasteiger charge is -2.05. The molecule has 3 aromatic rings. The molecule has 5 heteroatoms. The van der Waals surface area contributed by atoms with Gasteiger partial charge >= 0.3 is 0 Å². The SMILES string of the molecule is O=S(=O)(Cc1ccccc1)c1ccc2cc(Br)ccc2n1. The van der Waals surface area contributed by atoms with Crippen LogP contribution in [0.25, 0.3) is 10.9 Å². The minimum atomic E-state index is -3.44. The third kappa shape index (κ3) is 3.14. The Balaban J connectivity index is 2.01. The Morgan fingerprint density at radius 1 is 0.952 bits per heavy atom. The Morgan fingerprint density at radius 3 is 2.48 bits per heavy atom. The Labute approximate surface area is 131 Å². The molecule has 0 fully saturated rings. The highest BCUT2D eigenvalue weighted by atomic mass is 79.9. The molecule has 0 saturated carbocycles. The lowest BCUT2D eigenvalue weighted by molar-refractivity contribution is 0.592. The molecular weight excluding hydrogens is 350 g/mol. The smallest absolute Gasteiger partial charge is 0.199 e. The summed E-state index contributed by atoms with van der Waals surface area (Å²) in [7, 11) is -3.44. The predicted octanol–water partition coefficient (Wildman–Crippen LogP) is 3.97. The van der Waals surface area contributed by atoms with E-state index in [0.29, 0.717) is 5.52 Å². The lowest BCUT2D eigenvalue weighted by Crippen LogP contribution is -2.07. The van der Waals surface area contributed by atoms with Crippen LogP contribution in [0.2, 0.25) is 0 Å². The third-order valence-electron chi connectivity index (χ3n) is 3.14. The van der Waals surface area contributed by atoms with E-state index in [9.17, 15) is 8.42 Å². The highest BCUT2D eigenvalue weighted by molar-refractivity contribution is 9.10. The van der Waals surface area contributed by atoms with Crippen molar-refractivity contribution in [2.24, 2.45) is 0 Å². The summed E-state index contributed by atoms with van der Waals surface area (Å²) in [5, 5.41) is 1.02. The van der Waals surface area contributed by atoms with Crippen molar-refractivity contribution in [3.05, 3.63) is 70.7 Å². The molecule has 1 heterocycles. The van der Waals surface area contributed by atoms with E-state index < -0.39 is 9.84 Å². The Morgan fingerprint density at radius 2 is 1.71 bits per heavy atom. The van der Waals surface area contributed by atoms with Gasteiger partial charge in [0.05, 0.1) is 11.3 Å². The number of aromatic nitrogens is 1. The fourth-order valence-electron chi connectivity index (χ4n) is 2.12. The molecule has 0 bridgehead atoms. The minimum Gasteiger partial charge on any atom is -0.236 e. The number of rotatable bonds is 3. The average Bonchev–Trinajstić information content (AvgIpc) is 2.47. The maximum Gasteiger partial charge on any atom is 0.199 e. The van der Waals surface area contributed by atoms with Crippen molar-refractivity contribution in [3.63, 3.8) is 0 Å². The molecule has 106 valence electrons. The molecule has 0 N–H and O–H groups in total. The van der Waals surface area contributed by atoms with Crippen LogP contribution in [0.1, 0.15) is 5.56 Å². The molecule has 3 nitrogen and oxygen atoms in total. The first-order valence-electron chi connectivity index (χ1n) is 6.38. The molecule has 0 saturated heterocycles. The number of fused-ring (bicyclic) bond motifs is 1. The van der Waals surface area contributed by atoms with Crippen LogP contribution in [0.4, 0.5) is 0 Å². The Hall–Kier alpha value is -1.72. The van der Waals surface area contributed by atoms with Crippen molar-refractivity contribution in [3.8, 4) is 0 Å². The zero-order valence-corrected chi connectivity index (χ0v) is 13.4.